The average molecular weight is 552 g/mol. The Hall–Kier alpha value is -0.650. The fourth-order valence-electron chi connectivity index (χ4n) is 6.40. The molecule has 0 bridgehead atoms. The molecule has 0 saturated heterocycles. The molecule has 3 nitrogen and oxygen atoms in total. The smallest absolute Gasteiger partial charge is 0.144 e. The van der Waals surface area contributed by atoms with E-state index >= 15 is 0 Å². The second kappa shape index (κ2) is 11.7. The van der Waals surface area contributed by atoms with E-state index in [1.807, 2.05) is 0 Å². The maximum Gasteiger partial charge on any atom is 0.144 e. The zero-order valence-corrected chi connectivity index (χ0v) is 23.6. The summed E-state index contributed by atoms with van der Waals surface area (Å²) < 4.78 is 3.69. The molecule has 0 atom stereocenters. The Balaban J connectivity index is 1.36. The van der Waals surface area contributed by atoms with Crippen molar-refractivity contribution in [2.45, 2.75) is 118 Å². The standard InChI is InChI=1S/C28H46IN3/c1-20(2)28(21(3)4,22(5)6)16-12-10-8-7-9-11-13-17-32-18-24(29)25-26(23-14-15-23)30-19-31-27(25)32/h18-23H,7-17H2,1-6H3. The van der Waals surface area contributed by atoms with Crippen molar-refractivity contribution in [3.63, 3.8) is 0 Å². The van der Waals surface area contributed by atoms with Gasteiger partial charge in [0.2, 0.25) is 0 Å². The van der Waals surface area contributed by atoms with Crippen molar-refractivity contribution in [1.29, 1.82) is 0 Å². The summed E-state index contributed by atoms with van der Waals surface area (Å²) in [6.45, 7) is 15.7. The van der Waals surface area contributed by atoms with E-state index in [4.69, 9.17) is 0 Å². The quantitative estimate of drug-likeness (QED) is 0.173. The lowest BCUT2D eigenvalue weighted by atomic mass is 9.60. The van der Waals surface area contributed by atoms with Gasteiger partial charge in [-0.3, -0.25) is 0 Å². The highest BCUT2D eigenvalue weighted by molar-refractivity contribution is 14.1. The molecule has 0 aliphatic heterocycles. The summed E-state index contributed by atoms with van der Waals surface area (Å²) in [4.78, 5) is 9.23. The number of aryl methyl sites for hydroxylation is 1. The SMILES string of the molecule is CC(C)C(CCCCCCCCCn1cc(I)c2c(C3CC3)ncnc21)(C(C)C)C(C)C. The van der Waals surface area contributed by atoms with Gasteiger partial charge in [-0.25, -0.2) is 9.97 Å². The van der Waals surface area contributed by atoms with Crippen molar-refractivity contribution in [3.8, 4) is 0 Å². The third-order valence-corrected chi connectivity index (χ3v) is 9.15. The second-order valence-corrected chi connectivity index (χ2v) is 12.4. The third kappa shape index (κ3) is 5.88. The number of hydrogen-bond donors (Lipinski definition) is 0. The minimum atomic E-state index is 0.500. The van der Waals surface area contributed by atoms with Crippen molar-refractivity contribution in [1.82, 2.24) is 14.5 Å². The molecule has 2 aromatic heterocycles. The van der Waals surface area contributed by atoms with Crippen molar-refractivity contribution in [2.75, 3.05) is 0 Å². The minimum absolute atomic E-state index is 0.500. The lowest BCUT2D eigenvalue weighted by Gasteiger charge is -2.45. The lowest BCUT2D eigenvalue weighted by molar-refractivity contribution is 0.0356. The van der Waals surface area contributed by atoms with Gasteiger partial charge in [-0.05, 0) is 71.4 Å². The van der Waals surface area contributed by atoms with E-state index < -0.39 is 0 Å². The van der Waals surface area contributed by atoms with Crippen LogP contribution < -0.4 is 0 Å². The molecule has 0 amide bonds. The molecule has 0 spiro atoms. The first-order valence-electron chi connectivity index (χ1n) is 13.3. The van der Waals surface area contributed by atoms with Crippen LogP contribution in [0.2, 0.25) is 0 Å². The van der Waals surface area contributed by atoms with Gasteiger partial charge in [0.25, 0.3) is 0 Å². The van der Waals surface area contributed by atoms with E-state index in [-0.39, 0.29) is 0 Å². The number of hydrogen-bond acceptors (Lipinski definition) is 2. The van der Waals surface area contributed by atoms with Crippen LogP contribution in [0.4, 0.5) is 0 Å². The molecular weight excluding hydrogens is 505 g/mol. The van der Waals surface area contributed by atoms with E-state index in [0.717, 1.165) is 29.9 Å². The molecule has 0 radical (unpaired) electrons. The molecule has 0 aromatic carbocycles. The Morgan fingerprint density at radius 3 is 2.00 bits per heavy atom. The van der Waals surface area contributed by atoms with Gasteiger partial charge in [0, 0.05) is 22.2 Å². The van der Waals surface area contributed by atoms with Crippen LogP contribution >= 0.6 is 22.6 Å². The Morgan fingerprint density at radius 2 is 1.44 bits per heavy atom. The van der Waals surface area contributed by atoms with Crippen LogP contribution in [-0.2, 0) is 6.54 Å². The molecular formula is C28H46IN3. The van der Waals surface area contributed by atoms with Crippen molar-refractivity contribution in [3.05, 3.63) is 21.8 Å². The molecule has 3 rings (SSSR count). The first kappa shape index (κ1) is 26.0. The predicted molar refractivity (Wildman–Crippen MR) is 146 cm³/mol. The maximum atomic E-state index is 4.63. The normalized spacial score (nSPS) is 15.1. The maximum absolute atomic E-state index is 4.63. The van der Waals surface area contributed by atoms with Crippen molar-refractivity contribution < 1.29 is 0 Å². The van der Waals surface area contributed by atoms with Crippen LogP contribution in [0.25, 0.3) is 11.0 Å². The molecule has 180 valence electrons. The Bertz CT molecular complexity index is 826. The number of unbranched alkanes of at least 4 members (excludes halogenated alkanes) is 6. The molecule has 1 aliphatic rings. The number of fused-ring (bicyclic) bond motifs is 1. The third-order valence-electron chi connectivity index (χ3n) is 8.33. The molecule has 1 aliphatic carbocycles. The predicted octanol–water partition coefficient (Wildman–Crippen LogP) is 8.99. The Kier molecular flexibility index (Phi) is 9.46. The molecule has 1 fully saturated rings. The van der Waals surface area contributed by atoms with Gasteiger partial charge < -0.3 is 4.57 Å². The topological polar surface area (TPSA) is 30.7 Å². The highest BCUT2D eigenvalue weighted by atomic mass is 127. The number of halogens is 1. The number of rotatable bonds is 14. The fourth-order valence-corrected chi connectivity index (χ4v) is 7.25. The fraction of sp³-hybridized carbons (Fsp3) is 0.786. The van der Waals surface area contributed by atoms with E-state index in [9.17, 15) is 0 Å². The zero-order valence-electron chi connectivity index (χ0n) is 21.5. The molecule has 32 heavy (non-hydrogen) atoms. The van der Waals surface area contributed by atoms with E-state index in [2.05, 4.69) is 84.9 Å². The van der Waals surface area contributed by atoms with Gasteiger partial charge in [-0.1, -0.05) is 80.1 Å². The summed E-state index contributed by atoms with van der Waals surface area (Å²) in [5, 5.41) is 1.32. The number of aromatic nitrogens is 3. The largest absolute Gasteiger partial charge is 0.331 e. The first-order valence-corrected chi connectivity index (χ1v) is 14.4. The van der Waals surface area contributed by atoms with Crippen LogP contribution in [0, 0.1) is 26.7 Å². The summed E-state index contributed by atoms with van der Waals surface area (Å²) in [7, 11) is 0. The molecule has 2 heterocycles. The monoisotopic (exact) mass is 551 g/mol. The van der Waals surface area contributed by atoms with Crippen LogP contribution in [0.5, 0.6) is 0 Å². The Morgan fingerprint density at radius 1 is 0.875 bits per heavy atom. The summed E-state index contributed by atoms with van der Waals surface area (Å²) in [5.74, 6) is 2.97. The van der Waals surface area contributed by atoms with E-state index in [1.54, 1.807) is 6.33 Å². The molecule has 0 N–H and O–H groups in total. The first-order chi connectivity index (χ1) is 15.3. The summed E-state index contributed by atoms with van der Waals surface area (Å²) >= 11 is 2.47. The highest BCUT2D eigenvalue weighted by Gasteiger charge is 2.39. The highest BCUT2D eigenvalue weighted by Crippen LogP contribution is 2.47. The van der Waals surface area contributed by atoms with Gasteiger partial charge in [0.05, 0.1) is 11.1 Å². The summed E-state index contributed by atoms with van der Waals surface area (Å²) in [5.41, 5.74) is 2.93. The van der Waals surface area contributed by atoms with Crippen molar-refractivity contribution >= 4 is 33.6 Å². The molecule has 4 heteroatoms. The van der Waals surface area contributed by atoms with Gasteiger partial charge in [0.15, 0.2) is 0 Å². The molecule has 0 unspecified atom stereocenters. The summed E-state index contributed by atoms with van der Waals surface area (Å²) in [6.07, 6.45) is 17.5. The van der Waals surface area contributed by atoms with Gasteiger partial charge >= 0.3 is 0 Å². The van der Waals surface area contributed by atoms with Gasteiger partial charge in [-0.2, -0.15) is 0 Å². The van der Waals surface area contributed by atoms with Crippen LogP contribution in [0.3, 0.4) is 0 Å². The van der Waals surface area contributed by atoms with Crippen LogP contribution in [0.1, 0.15) is 117 Å². The zero-order chi connectivity index (χ0) is 23.3. The Labute approximate surface area is 210 Å². The van der Waals surface area contributed by atoms with Crippen molar-refractivity contribution in [2.24, 2.45) is 23.2 Å². The van der Waals surface area contributed by atoms with Gasteiger partial charge in [0.1, 0.15) is 12.0 Å². The van der Waals surface area contributed by atoms with Crippen LogP contribution in [-0.4, -0.2) is 14.5 Å². The second-order valence-electron chi connectivity index (χ2n) is 11.2. The average Bonchev–Trinajstić information content (AvgIpc) is 3.53. The van der Waals surface area contributed by atoms with E-state index in [0.29, 0.717) is 11.3 Å². The molecule has 2 aromatic rings. The minimum Gasteiger partial charge on any atom is -0.331 e. The van der Waals surface area contributed by atoms with Crippen LogP contribution in [0.15, 0.2) is 12.5 Å². The molecule has 1 saturated carbocycles. The number of nitrogens with zero attached hydrogens (tertiary/aromatic N) is 3. The summed E-state index contributed by atoms with van der Waals surface area (Å²) in [6, 6.07) is 0. The lowest BCUT2D eigenvalue weighted by Crippen LogP contribution is -2.38. The van der Waals surface area contributed by atoms with E-state index in [1.165, 1.54) is 78.9 Å². The van der Waals surface area contributed by atoms with Gasteiger partial charge in [-0.15, -0.1) is 0 Å².